The predicted molar refractivity (Wildman–Crippen MR) is 90.8 cm³/mol. The van der Waals surface area contributed by atoms with Gasteiger partial charge in [0.25, 0.3) is 5.56 Å². The highest BCUT2D eigenvalue weighted by molar-refractivity contribution is 6.30. The van der Waals surface area contributed by atoms with E-state index in [1.807, 2.05) is 19.1 Å². The molecular weight excluding hydrogens is 310 g/mol. The van der Waals surface area contributed by atoms with Gasteiger partial charge in [0.05, 0.1) is 5.69 Å². The van der Waals surface area contributed by atoms with Crippen molar-refractivity contribution in [3.05, 3.63) is 62.3 Å². The summed E-state index contributed by atoms with van der Waals surface area (Å²) in [5, 5.41) is 0.770. The monoisotopic (exact) mass is 329 g/mol. The molecule has 0 unspecified atom stereocenters. The third-order valence-electron chi connectivity index (χ3n) is 5.14. The van der Waals surface area contributed by atoms with Crippen molar-refractivity contribution in [2.24, 2.45) is 0 Å². The van der Waals surface area contributed by atoms with E-state index in [2.05, 4.69) is 27.0 Å². The number of hydrogen-bond donors (Lipinski definition) is 1. The van der Waals surface area contributed by atoms with Crippen LogP contribution in [0, 0.1) is 6.92 Å². The van der Waals surface area contributed by atoms with E-state index in [1.54, 1.807) is 0 Å². The molecule has 0 radical (unpaired) electrons. The summed E-state index contributed by atoms with van der Waals surface area (Å²) in [6, 6.07) is 8.99. The van der Waals surface area contributed by atoms with Gasteiger partial charge in [-0.15, -0.1) is 0 Å². The first kappa shape index (κ1) is 14.9. The SMILES string of the molecule is Cc1nc2c(c(=O)[nH]1)C[C@H]1CC[C@H](C2)N1Cc1ccc(Cl)cc1. The molecule has 120 valence electrons. The van der Waals surface area contributed by atoms with Crippen molar-refractivity contribution >= 4 is 11.6 Å². The number of rotatable bonds is 2. The fourth-order valence-corrected chi connectivity index (χ4v) is 4.14. The van der Waals surface area contributed by atoms with Gasteiger partial charge in [-0.05, 0) is 43.9 Å². The fourth-order valence-electron chi connectivity index (χ4n) is 4.02. The first-order valence-corrected chi connectivity index (χ1v) is 8.57. The molecule has 0 spiro atoms. The summed E-state index contributed by atoms with van der Waals surface area (Å²) in [5.41, 5.74) is 3.21. The number of H-pyrrole nitrogens is 1. The van der Waals surface area contributed by atoms with Gasteiger partial charge < -0.3 is 4.98 Å². The molecule has 3 heterocycles. The van der Waals surface area contributed by atoms with Crippen LogP contribution in [-0.2, 0) is 19.4 Å². The number of nitrogens with one attached hydrogen (secondary N) is 1. The minimum absolute atomic E-state index is 0.0477. The van der Waals surface area contributed by atoms with Gasteiger partial charge in [-0.3, -0.25) is 9.69 Å². The molecule has 23 heavy (non-hydrogen) atoms. The molecule has 1 saturated heterocycles. The Balaban J connectivity index is 1.64. The van der Waals surface area contributed by atoms with Gasteiger partial charge in [0.1, 0.15) is 5.82 Å². The normalized spacial score (nSPS) is 23.6. The second kappa shape index (κ2) is 5.77. The summed E-state index contributed by atoms with van der Waals surface area (Å²) in [7, 11) is 0. The van der Waals surface area contributed by atoms with Crippen LogP contribution in [0.15, 0.2) is 29.1 Å². The molecule has 2 bridgehead atoms. The summed E-state index contributed by atoms with van der Waals surface area (Å²) < 4.78 is 0. The van der Waals surface area contributed by atoms with Crippen molar-refractivity contribution in [1.29, 1.82) is 0 Å². The minimum atomic E-state index is 0.0477. The Morgan fingerprint density at radius 3 is 2.65 bits per heavy atom. The fraction of sp³-hybridized carbons (Fsp3) is 0.444. The number of fused-ring (bicyclic) bond motifs is 3. The molecule has 4 rings (SSSR count). The second-order valence-corrected chi connectivity index (χ2v) is 7.11. The summed E-state index contributed by atoms with van der Waals surface area (Å²) in [4.78, 5) is 22.3. The van der Waals surface area contributed by atoms with Crippen LogP contribution in [0.25, 0.3) is 0 Å². The van der Waals surface area contributed by atoms with Crippen LogP contribution < -0.4 is 5.56 Å². The largest absolute Gasteiger partial charge is 0.311 e. The van der Waals surface area contributed by atoms with Crippen molar-refractivity contribution in [2.45, 2.75) is 51.2 Å². The molecule has 1 fully saturated rings. The molecule has 0 saturated carbocycles. The lowest BCUT2D eigenvalue weighted by molar-refractivity contribution is 0.187. The maximum absolute atomic E-state index is 12.3. The number of aromatic nitrogens is 2. The van der Waals surface area contributed by atoms with Crippen LogP contribution in [-0.4, -0.2) is 27.0 Å². The van der Waals surface area contributed by atoms with Crippen molar-refractivity contribution < 1.29 is 0 Å². The number of nitrogens with zero attached hydrogens (tertiary/aromatic N) is 2. The second-order valence-electron chi connectivity index (χ2n) is 6.67. The topological polar surface area (TPSA) is 49.0 Å². The van der Waals surface area contributed by atoms with E-state index < -0.39 is 0 Å². The van der Waals surface area contributed by atoms with Crippen LogP contribution >= 0.6 is 11.6 Å². The van der Waals surface area contributed by atoms with Crippen molar-refractivity contribution in [1.82, 2.24) is 14.9 Å². The first-order valence-electron chi connectivity index (χ1n) is 8.19. The molecule has 2 aliphatic rings. The zero-order valence-corrected chi connectivity index (χ0v) is 13.9. The standard InChI is InChI=1S/C18H20ClN3O/c1-11-20-17-9-15-7-6-14(8-16(17)18(23)21-11)22(15)10-12-2-4-13(19)5-3-12/h2-5,14-15H,6-10H2,1H3,(H,20,21,23)/t14-,15-/m1/s1. The van der Waals surface area contributed by atoms with Crippen molar-refractivity contribution in [3.8, 4) is 0 Å². The van der Waals surface area contributed by atoms with Gasteiger partial charge in [0.2, 0.25) is 0 Å². The van der Waals surface area contributed by atoms with E-state index in [1.165, 1.54) is 12.0 Å². The molecule has 2 aromatic rings. The zero-order valence-electron chi connectivity index (χ0n) is 13.2. The Bertz CT molecular complexity index is 784. The average molecular weight is 330 g/mol. The van der Waals surface area contributed by atoms with E-state index in [-0.39, 0.29) is 5.56 Å². The molecular formula is C18H20ClN3O. The maximum Gasteiger partial charge on any atom is 0.254 e. The summed E-state index contributed by atoms with van der Waals surface area (Å²) in [5.74, 6) is 0.718. The quantitative estimate of drug-likeness (QED) is 0.921. The number of aromatic amines is 1. The van der Waals surface area contributed by atoms with Crippen molar-refractivity contribution in [3.63, 3.8) is 0 Å². The lowest BCUT2D eigenvalue weighted by atomic mass is 9.98. The highest BCUT2D eigenvalue weighted by Gasteiger charge is 2.38. The molecule has 1 aromatic heterocycles. The number of hydrogen-bond acceptors (Lipinski definition) is 3. The Morgan fingerprint density at radius 1 is 1.22 bits per heavy atom. The van der Waals surface area contributed by atoms with Crippen molar-refractivity contribution in [2.75, 3.05) is 0 Å². The van der Waals surface area contributed by atoms with E-state index in [9.17, 15) is 4.79 Å². The van der Waals surface area contributed by atoms with Crippen LogP contribution in [0.2, 0.25) is 5.02 Å². The maximum atomic E-state index is 12.3. The number of benzene rings is 1. The molecule has 2 atom stereocenters. The van der Waals surface area contributed by atoms with Crippen LogP contribution in [0.3, 0.4) is 0 Å². The molecule has 4 nitrogen and oxygen atoms in total. The Kier molecular flexibility index (Phi) is 3.74. The molecule has 1 N–H and O–H groups in total. The lowest BCUT2D eigenvalue weighted by Crippen LogP contribution is -2.36. The minimum Gasteiger partial charge on any atom is -0.311 e. The average Bonchev–Trinajstić information content (AvgIpc) is 2.78. The highest BCUT2D eigenvalue weighted by atomic mass is 35.5. The van der Waals surface area contributed by atoms with E-state index in [0.29, 0.717) is 12.1 Å². The molecule has 0 aliphatic carbocycles. The summed E-state index contributed by atoms with van der Waals surface area (Å²) >= 11 is 5.98. The zero-order chi connectivity index (χ0) is 16.0. The Morgan fingerprint density at radius 2 is 1.91 bits per heavy atom. The van der Waals surface area contributed by atoms with Crippen LogP contribution in [0.5, 0.6) is 0 Å². The third kappa shape index (κ3) is 2.81. The Hall–Kier alpha value is -1.65. The number of aryl methyl sites for hydroxylation is 1. The van der Waals surface area contributed by atoms with Gasteiger partial charge in [0, 0.05) is 35.6 Å². The van der Waals surface area contributed by atoms with Gasteiger partial charge >= 0.3 is 0 Å². The highest BCUT2D eigenvalue weighted by Crippen LogP contribution is 2.33. The van der Waals surface area contributed by atoms with Gasteiger partial charge in [-0.2, -0.15) is 0 Å². The van der Waals surface area contributed by atoms with E-state index in [0.717, 1.165) is 47.9 Å². The van der Waals surface area contributed by atoms with Crippen LogP contribution in [0.4, 0.5) is 0 Å². The first-order chi connectivity index (χ1) is 11.1. The molecule has 5 heteroatoms. The van der Waals surface area contributed by atoms with Crippen LogP contribution in [0.1, 0.15) is 35.5 Å². The molecule has 1 aromatic carbocycles. The van der Waals surface area contributed by atoms with Gasteiger partial charge in [-0.25, -0.2) is 4.98 Å². The molecule has 0 amide bonds. The van der Waals surface area contributed by atoms with Gasteiger partial charge in [0.15, 0.2) is 0 Å². The Labute approximate surface area is 140 Å². The smallest absolute Gasteiger partial charge is 0.254 e. The van der Waals surface area contributed by atoms with Gasteiger partial charge in [-0.1, -0.05) is 23.7 Å². The third-order valence-corrected chi connectivity index (χ3v) is 5.39. The number of halogens is 1. The summed E-state index contributed by atoms with van der Waals surface area (Å²) in [6.45, 7) is 2.77. The predicted octanol–water partition coefficient (Wildman–Crippen LogP) is 2.86. The molecule has 2 aliphatic heterocycles. The van der Waals surface area contributed by atoms with E-state index >= 15 is 0 Å². The lowest BCUT2D eigenvalue weighted by Gasteiger charge is -2.27. The van der Waals surface area contributed by atoms with E-state index in [4.69, 9.17) is 11.6 Å². The summed E-state index contributed by atoms with van der Waals surface area (Å²) in [6.07, 6.45) is 4.03.